The van der Waals surface area contributed by atoms with Crippen LogP contribution in [-0.4, -0.2) is 49.1 Å². The lowest BCUT2D eigenvalue weighted by molar-refractivity contribution is -0.137. The van der Waals surface area contributed by atoms with Gasteiger partial charge < -0.3 is 4.74 Å². The first-order valence-corrected chi connectivity index (χ1v) is 11.1. The predicted octanol–water partition coefficient (Wildman–Crippen LogP) is 4.03. The molecule has 0 aliphatic carbocycles. The molecular formula is C17H22F3NO5S2. The van der Waals surface area contributed by atoms with Crippen LogP contribution in [0.25, 0.3) is 0 Å². The molecule has 1 heterocycles. The van der Waals surface area contributed by atoms with Gasteiger partial charge in [0, 0.05) is 12.2 Å². The summed E-state index contributed by atoms with van der Waals surface area (Å²) in [6, 6.07) is 3.53. The fourth-order valence-corrected chi connectivity index (χ4v) is 4.50. The fourth-order valence-electron chi connectivity index (χ4n) is 2.71. The van der Waals surface area contributed by atoms with E-state index in [1.165, 1.54) is 16.4 Å². The van der Waals surface area contributed by atoms with Crippen LogP contribution in [0.5, 0.6) is 0 Å². The van der Waals surface area contributed by atoms with E-state index in [1.807, 2.05) is 0 Å². The van der Waals surface area contributed by atoms with Gasteiger partial charge in [0.05, 0.1) is 24.0 Å². The lowest BCUT2D eigenvalue weighted by Crippen LogP contribution is -2.42. The Morgan fingerprint density at radius 1 is 1.29 bits per heavy atom. The van der Waals surface area contributed by atoms with Gasteiger partial charge in [-0.15, -0.1) is 0 Å². The molecule has 2 rings (SSSR count). The summed E-state index contributed by atoms with van der Waals surface area (Å²) in [5.41, 5.74) is -1.25. The van der Waals surface area contributed by atoms with E-state index in [-0.39, 0.29) is 12.4 Å². The van der Waals surface area contributed by atoms with Crippen LogP contribution in [-0.2, 0) is 24.9 Å². The molecule has 1 aliphatic heterocycles. The molecule has 2 atom stereocenters. The van der Waals surface area contributed by atoms with Crippen LogP contribution in [0.3, 0.4) is 0 Å². The number of nitrogens with zero attached hydrogens (tertiary/aromatic N) is 1. The Morgan fingerprint density at radius 3 is 2.32 bits per heavy atom. The summed E-state index contributed by atoms with van der Waals surface area (Å²) in [4.78, 5) is 12.5. The summed E-state index contributed by atoms with van der Waals surface area (Å²) in [5, 5.41) is 0. The summed E-state index contributed by atoms with van der Waals surface area (Å²) in [5.74, 6) is -1.13. The second kappa shape index (κ2) is 8.11. The number of ether oxygens (including phenoxy) is 1. The maximum atomic E-state index is 12.8. The minimum Gasteiger partial charge on any atom is -0.443 e. The summed E-state index contributed by atoms with van der Waals surface area (Å²) in [7, 11) is -3.50. The van der Waals surface area contributed by atoms with Crippen LogP contribution in [0.4, 0.5) is 18.0 Å². The van der Waals surface area contributed by atoms with E-state index in [0.717, 1.165) is 30.6 Å². The van der Waals surface area contributed by atoms with E-state index in [0.29, 0.717) is 5.56 Å². The molecule has 6 nitrogen and oxygen atoms in total. The van der Waals surface area contributed by atoms with Crippen LogP contribution >= 0.6 is 12.2 Å². The van der Waals surface area contributed by atoms with Gasteiger partial charge in [-0.05, 0) is 38.5 Å². The Labute approximate surface area is 166 Å². The van der Waals surface area contributed by atoms with E-state index in [1.54, 1.807) is 20.8 Å². The molecule has 0 saturated carbocycles. The zero-order chi connectivity index (χ0) is 21.3. The molecular weight excluding hydrogens is 419 g/mol. The summed E-state index contributed by atoms with van der Waals surface area (Å²) < 4.78 is 74.2. The Hall–Kier alpha value is -1.46. The third kappa shape index (κ3) is 6.28. The van der Waals surface area contributed by atoms with Crippen LogP contribution in [0, 0.1) is 0 Å². The van der Waals surface area contributed by atoms with Gasteiger partial charge in [-0.3, -0.25) is 4.18 Å². The molecule has 0 N–H and O–H groups in total. The second-order valence-electron chi connectivity index (χ2n) is 7.55. The largest absolute Gasteiger partial charge is 0.443 e. The van der Waals surface area contributed by atoms with Gasteiger partial charge in [-0.1, -0.05) is 12.1 Å². The van der Waals surface area contributed by atoms with Crippen molar-refractivity contribution in [2.75, 3.05) is 18.6 Å². The lowest BCUT2D eigenvalue weighted by atomic mass is 9.92. The van der Waals surface area contributed by atoms with E-state index >= 15 is 0 Å². The second-order valence-corrected chi connectivity index (χ2v) is 10.5. The van der Waals surface area contributed by atoms with Crippen LogP contribution in [0.2, 0.25) is 0 Å². The molecule has 0 unspecified atom stereocenters. The summed E-state index contributed by atoms with van der Waals surface area (Å²) in [6.07, 6.45) is -4.17. The third-order valence-electron chi connectivity index (χ3n) is 3.86. The minimum absolute atomic E-state index is 0.0190. The smallest absolute Gasteiger partial charge is 0.422 e. The number of hydrogen-bond donors (Lipinski definition) is 0. The molecule has 158 valence electrons. The Morgan fingerprint density at radius 2 is 1.86 bits per heavy atom. The molecule has 0 radical (unpaired) electrons. The van der Waals surface area contributed by atoms with E-state index in [4.69, 9.17) is 8.92 Å². The van der Waals surface area contributed by atoms with E-state index < -0.39 is 45.2 Å². The molecule has 1 saturated heterocycles. The number of carbonyl (C=O) groups is 1. The zero-order valence-electron chi connectivity index (χ0n) is 15.8. The van der Waals surface area contributed by atoms with Gasteiger partial charge in [0.1, 0.15) is 27.7 Å². The molecule has 1 fully saturated rings. The first kappa shape index (κ1) is 22.8. The fraction of sp³-hybridized carbons (Fsp3) is 0.588. The van der Waals surface area contributed by atoms with Gasteiger partial charge in [0.2, 0.25) is 0 Å². The van der Waals surface area contributed by atoms with Crippen molar-refractivity contribution in [3.63, 3.8) is 0 Å². The third-order valence-corrected chi connectivity index (χ3v) is 5.65. The summed E-state index contributed by atoms with van der Waals surface area (Å²) >= 11 is 0.740. The predicted molar refractivity (Wildman–Crippen MR) is 99.3 cm³/mol. The number of halogens is 3. The quantitative estimate of drug-likeness (QED) is 0.519. The van der Waals surface area contributed by atoms with Crippen molar-refractivity contribution < 1.29 is 35.3 Å². The number of rotatable bonds is 4. The van der Waals surface area contributed by atoms with E-state index in [2.05, 4.69) is 0 Å². The maximum absolute atomic E-state index is 12.8. The van der Waals surface area contributed by atoms with Crippen molar-refractivity contribution in [2.24, 2.45) is 0 Å². The molecule has 1 aromatic rings. The molecule has 0 aromatic heterocycles. The van der Waals surface area contributed by atoms with Crippen molar-refractivity contribution in [1.29, 1.82) is 0 Å². The molecule has 28 heavy (non-hydrogen) atoms. The standard InChI is InChI=1S/C17H22F3NO5S2/c1-16(2,3)26-15(22)21-14(9-25-27-21)13(10-28(4,23)24)11-5-7-12(8-6-11)17(18,19)20/h5-8,13-14H,9-10H2,1-4H3/t13-,14+/m0/s1. The van der Waals surface area contributed by atoms with Gasteiger partial charge in [-0.2, -0.15) is 13.2 Å². The number of hydrogen-bond acceptors (Lipinski definition) is 6. The highest BCUT2D eigenvalue weighted by Gasteiger charge is 2.41. The SMILES string of the molecule is CC(C)(C)OC(=O)N1SOC[C@@H]1[C@@H](CS(C)(=O)=O)c1ccc(C(F)(F)F)cc1. The van der Waals surface area contributed by atoms with Crippen molar-refractivity contribution in [3.8, 4) is 0 Å². The van der Waals surface area contributed by atoms with Gasteiger partial charge in [0.25, 0.3) is 0 Å². The topological polar surface area (TPSA) is 72.9 Å². The molecule has 1 amide bonds. The Balaban J connectivity index is 2.36. The van der Waals surface area contributed by atoms with Crippen molar-refractivity contribution in [3.05, 3.63) is 35.4 Å². The van der Waals surface area contributed by atoms with Gasteiger partial charge in [-0.25, -0.2) is 17.5 Å². The highest BCUT2D eigenvalue weighted by Crippen LogP contribution is 2.37. The molecule has 0 spiro atoms. The Bertz CT molecular complexity index is 804. The highest BCUT2D eigenvalue weighted by molar-refractivity contribution is 7.93. The number of benzene rings is 1. The zero-order valence-corrected chi connectivity index (χ0v) is 17.5. The first-order chi connectivity index (χ1) is 12.7. The van der Waals surface area contributed by atoms with Crippen LogP contribution in [0.1, 0.15) is 37.8 Å². The van der Waals surface area contributed by atoms with Crippen molar-refractivity contribution >= 4 is 28.2 Å². The molecule has 0 bridgehead atoms. The molecule has 1 aliphatic rings. The normalized spacial score (nSPS) is 19.5. The number of carbonyl (C=O) groups excluding carboxylic acids is 1. The van der Waals surface area contributed by atoms with Crippen LogP contribution in [0.15, 0.2) is 24.3 Å². The van der Waals surface area contributed by atoms with Crippen molar-refractivity contribution in [1.82, 2.24) is 4.31 Å². The number of alkyl halides is 3. The monoisotopic (exact) mass is 441 g/mol. The number of sulfone groups is 1. The average molecular weight is 441 g/mol. The molecule has 1 aromatic carbocycles. The summed E-state index contributed by atoms with van der Waals surface area (Å²) in [6.45, 7) is 5.08. The van der Waals surface area contributed by atoms with Gasteiger partial charge in [0.15, 0.2) is 0 Å². The van der Waals surface area contributed by atoms with E-state index in [9.17, 15) is 26.4 Å². The first-order valence-electron chi connectivity index (χ1n) is 8.34. The average Bonchev–Trinajstić information content (AvgIpc) is 2.99. The molecule has 11 heteroatoms. The highest BCUT2D eigenvalue weighted by atomic mass is 32.2. The van der Waals surface area contributed by atoms with Crippen molar-refractivity contribution in [2.45, 2.75) is 44.5 Å². The minimum atomic E-state index is -4.50. The number of amides is 1. The van der Waals surface area contributed by atoms with Gasteiger partial charge >= 0.3 is 12.3 Å². The maximum Gasteiger partial charge on any atom is 0.422 e. The van der Waals surface area contributed by atoms with Crippen LogP contribution < -0.4 is 0 Å². The lowest BCUT2D eigenvalue weighted by Gasteiger charge is -2.30. The Kier molecular flexibility index (Phi) is 6.61.